The maximum atomic E-state index is 11.7. The molecule has 30 heterocycles. The first-order valence-corrected chi connectivity index (χ1v) is 39.9. The van der Waals surface area contributed by atoms with Crippen LogP contribution in [-0.4, -0.2) is 363 Å². The van der Waals surface area contributed by atoms with Crippen molar-refractivity contribution < 1.29 is 157 Å². The first-order chi connectivity index (χ1) is 41.9. The Labute approximate surface area is 611 Å². The van der Waals surface area contributed by atoms with Crippen molar-refractivity contribution in [3.63, 3.8) is 0 Å². The van der Waals surface area contributed by atoms with E-state index in [9.17, 15) is 81.7 Å². The minimum absolute atomic E-state index is 0.0536. The standard InChI is InChI=1S/C48H72I8O32/c49-1-9-33-17(57)25(65)41(73-9)82-34-10(2-50)75-43(27(67)19(34)59)84-36-12(4-52)77-45(29(69)21(36)61)86-38-14(6-54)79-47(31(71)23(38)63)88-40-16(8-56)80-48(32(72)24(40)64)87-39-15(7-55)78-46(30(70)22(39)62)85-37-13(5-53)76-44(28(68)20(37)60)83-35-11(3-51)74-42(81-33)26(66)18(35)58/h9-48,57-72H,1-8H2/t9-,10-,11-,12-,13-,14-,15-,16-,17-,18-,19-,20-,21-,22-,23-,24+,25-,26-,27-,28-,29-,30-,31-,32-,33-,34-,35-,36-,37-,38-,39-,40-,41-,42-,43-,44-,45-,46-,47-,48-/m1/s1. The van der Waals surface area contributed by atoms with Gasteiger partial charge in [-0.15, -0.1) is 0 Å². The summed E-state index contributed by atoms with van der Waals surface area (Å²) in [5.41, 5.74) is 0. The van der Waals surface area contributed by atoms with Crippen molar-refractivity contribution >= 4 is 181 Å². The molecule has 0 aromatic carbocycles. The van der Waals surface area contributed by atoms with Crippen LogP contribution in [-0.2, 0) is 75.8 Å². The molecule has 0 unspecified atom stereocenters. The van der Waals surface area contributed by atoms with Crippen molar-refractivity contribution in [3.05, 3.63) is 0 Å². The molecule has 0 radical (unpaired) electrons. The van der Waals surface area contributed by atoms with Gasteiger partial charge in [-0.3, -0.25) is 0 Å². The molecule has 0 aliphatic carbocycles. The zero-order chi connectivity index (χ0) is 64.1. The van der Waals surface area contributed by atoms with Crippen molar-refractivity contribution in [1.82, 2.24) is 0 Å². The van der Waals surface area contributed by atoms with Gasteiger partial charge in [0.1, 0.15) is 146 Å². The van der Waals surface area contributed by atoms with Crippen LogP contribution in [0, 0.1) is 0 Å². The highest BCUT2D eigenvalue weighted by molar-refractivity contribution is 14.1. The van der Waals surface area contributed by atoms with Gasteiger partial charge in [0.15, 0.2) is 50.3 Å². The maximum absolute atomic E-state index is 11.7. The summed E-state index contributed by atoms with van der Waals surface area (Å²) in [6.07, 6.45) is -64.9. The molecule has 30 rings (SSSR count). The third kappa shape index (κ3) is 16.1. The summed E-state index contributed by atoms with van der Waals surface area (Å²) in [6, 6.07) is 0. The van der Waals surface area contributed by atoms with Crippen LogP contribution in [0.25, 0.3) is 0 Å². The Kier molecular flexibility index (Phi) is 29.7. The Hall–Kier alpha value is 4.56. The van der Waals surface area contributed by atoms with E-state index in [4.69, 9.17) is 75.8 Å². The topological polar surface area (TPSA) is 471 Å². The third-order valence-electron chi connectivity index (χ3n) is 16.7. The van der Waals surface area contributed by atoms with Crippen LogP contribution in [0.15, 0.2) is 0 Å². The van der Waals surface area contributed by atoms with Crippen LogP contribution in [0.3, 0.4) is 0 Å². The van der Waals surface area contributed by atoms with Crippen molar-refractivity contribution in [2.24, 2.45) is 0 Å². The molecule has 30 saturated heterocycles. The molecule has 40 heteroatoms. The van der Waals surface area contributed by atoms with Gasteiger partial charge in [0.05, 0.1) is 48.8 Å². The number of aliphatic hydroxyl groups excluding tert-OH is 16. The average molecular weight is 2180 g/mol. The van der Waals surface area contributed by atoms with E-state index in [2.05, 4.69) is 0 Å². The molecule has 16 bridgehead atoms. The lowest BCUT2D eigenvalue weighted by atomic mass is 9.95. The summed E-state index contributed by atoms with van der Waals surface area (Å²) >= 11 is 15.3. The molecule has 16 N–H and O–H groups in total. The van der Waals surface area contributed by atoms with E-state index < -0.39 is 246 Å². The SMILES string of the molecule is O[C@@H]1[C@@H](O)[C@H]2O[C@H]3[C@H](O)[C@@H](O)[C@@H](O[C@H]4[C@H](O)[C@@H](O)[C@@H](O[C@H]5[C@H](O)[C@@H](O)[C@@H](O[C@H]6[C@@H](O)[C@@H](O)[C@@H](O[C@H]7[C@H](O)[C@@H](O)[C@@H](O[C@H]8[C@H](O)[C@@H](O)[C@@H](O[C@H]9[C@H](O)[C@@H](O)[C@@H](O[C@@H]1[C@@H](CI)O2)O[C@@H]9CI)O[C@@H]8CI)O[C@@H]7CI)O[C@@H]6CI)O[C@@H]5CI)O[C@@H]4CI)O[C@@H]3CI. The van der Waals surface area contributed by atoms with Crippen LogP contribution in [0.2, 0.25) is 0 Å². The van der Waals surface area contributed by atoms with Gasteiger partial charge < -0.3 is 157 Å². The predicted octanol–water partition coefficient (Wildman–Crippen LogP) is -5.86. The predicted molar refractivity (Wildman–Crippen MR) is 355 cm³/mol. The van der Waals surface area contributed by atoms with E-state index in [1.165, 1.54) is 0 Å². The molecular formula is C48H72I8O32. The number of halogens is 8. The monoisotopic (exact) mass is 2180 g/mol. The quantitative estimate of drug-likeness (QED) is 0.0795. The largest absolute Gasteiger partial charge is 0.387 e. The highest BCUT2D eigenvalue weighted by Gasteiger charge is 2.60. The van der Waals surface area contributed by atoms with Crippen LogP contribution < -0.4 is 0 Å². The summed E-state index contributed by atoms with van der Waals surface area (Å²) in [5, 5.41) is 186. The van der Waals surface area contributed by atoms with Crippen molar-refractivity contribution in [3.8, 4) is 0 Å². The molecule has 0 spiro atoms. The van der Waals surface area contributed by atoms with Crippen molar-refractivity contribution in [1.29, 1.82) is 0 Å². The smallest absolute Gasteiger partial charge is 0.187 e. The Bertz CT molecular complexity index is 1730. The molecule has 0 aromatic rings. The second-order valence-corrected chi connectivity index (χ2v) is 29.3. The van der Waals surface area contributed by atoms with Gasteiger partial charge in [0, 0.05) is 35.4 Å². The zero-order valence-electron chi connectivity index (χ0n) is 45.5. The molecule has 30 aliphatic heterocycles. The number of ether oxygens (including phenoxy) is 16. The van der Waals surface area contributed by atoms with Gasteiger partial charge in [0.2, 0.25) is 0 Å². The average Bonchev–Trinajstić information content (AvgIpc) is 1.09. The van der Waals surface area contributed by atoms with Crippen LogP contribution in [0.5, 0.6) is 0 Å². The molecule has 32 nitrogen and oxygen atoms in total. The van der Waals surface area contributed by atoms with Crippen molar-refractivity contribution in [2.45, 2.75) is 246 Å². The first kappa shape index (κ1) is 76.7. The van der Waals surface area contributed by atoms with Gasteiger partial charge in [-0.1, -0.05) is 181 Å². The Morgan fingerprint density at radius 2 is 0.239 bits per heavy atom. The zero-order valence-corrected chi connectivity index (χ0v) is 62.7. The minimum atomic E-state index is -1.93. The summed E-state index contributed by atoms with van der Waals surface area (Å²) in [6.45, 7) is 0. The van der Waals surface area contributed by atoms with Gasteiger partial charge in [-0.25, -0.2) is 0 Å². The summed E-state index contributed by atoms with van der Waals surface area (Å²) in [5.74, 6) is 0. The molecule has 0 saturated carbocycles. The summed E-state index contributed by atoms with van der Waals surface area (Å²) in [4.78, 5) is 0. The lowest BCUT2D eigenvalue weighted by Crippen LogP contribution is -2.68. The molecule has 88 heavy (non-hydrogen) atoms. The molecule has 0 aromatic heterocycles. The van der Waals surface area contributed by atoms with Gasteiger partial charge in [0.25, 0.3) is 0 Å². The van der Waals surface area contributed by atoms with Gasteiger partial charge >= 0.3 is 0 Å². The fourth-order valence-corrected chi connectivity index (χ4v) is 17.4. The number of hydrogen-bond acceptors (Lipinski definition) is 32. The van der Waals surface area contributed by atoms with E-state index in [-0.39, 0.29) is 35.4 Å². The third-order valence-corrected chi connectivity index (χ3v) is 23.6. The number of aliphatic hydroxyl groups is 16. The summed E-state index contributed by atoms with van der Waals surface area (Å²) < 4.78 is 98.2. The molecular weight excluding hydrogens is 2100 g/mol. The lowest BCUT2D eigenvalue weighted by Gasteiger charge is -2.51. The molecule has 0 amide bonds. The fourth-order valence-electron chi connectivity index (χ4n) is 11.7. The van der Waals surface area contributed by atoms with Crippen LogP contribution in [0.1, 0.15) is 0 Å². The highest BCUT2D eigenvalue weighted by atomic mass is 127. The van der Waals surface area contributed by atoms with Crippen LogP contribution in [0.4, 0.5) is 0 Å². The molecule has 30 fully saturated rings. The molecule has 512 valence electrons. The van der Waals surface area contributed by atoms with E-state index >= 15 is 0 Å². The summed E-state index contributed by atoms with van der Waals surface area (Å²) in [7, 11) is 0. The Morgan fingerprint density at radius 3 is 0.318 bits per heavy atom. The maximum Gasteiger partial charge on any atom is 0.187 e. The molecule has 30 aliphatic rings. The normalized spacial score (nSPS) is 55.4. The van der Waals surface area contributed by atoms with Gasteiger partial charge in [-0.2, -0.15) is 0 Å². The second kappa shape index (κ2) is 34.0. The van der Waals surface area contributed by atoms with Crippen LogP contribution >= 0.6 is 181 Å². The van der Waals surface area contributed by atoms with E-state index in [0.717, 1.165) is 0 Å². The van der Waals surface area contributed by atoms with Crippen molar-refractivity contribution in [2.75, 3.05) is 35.4 Å². The number of hydrogen-bond donors (Lipinski definition) is 16. The number of rotatable bonds is 8. The van der Waals surface area contributed by atoms with Gasteiger partial charge in [-0.05, 0) is 0 Å². The molecule has 40 atom stereocenters. The minimum Gasteiger partial charge on any atom is -0.387 e. The number of alkyl halides is 8. The fraction of sp³-hybridized carbons (Fsp3) is 1.00. The van der Waals surface area contributed by atoms with E-state index in [1.807, 2.05) is 181 Å². The van der Waals surface area contributed by atoms with E-state index in [1.54, 1.807) is 0 Å². The Balaban J connectivity index is 0.975. The second-order valence-electron chi connectivity index (χ2n) is 22.2. The highest BCUT2D eigenvalue weighted by Crippen LogP contribution is 2.41. The van der Waals surface area contributed by atoms with E-state index in [0.29, 0.717) is 0 Å². The Morgan fingerprint density at radius 1 is 0.148 bits per heavy atom. The first-order valence-electron chi connectivity index (χ1n) is 27.7. The lowest BCUT2D eigenvalue weighted by molar-refractivity contribution is -0.396.